The predicted octanol–water partition coefficient (Wildman–Crippen LogP) is 2.37. The summed E-state index contributed by atoms with van der Waals surface area (Å²) in [6, 6.07) is 0. The number of carbonyl (C=O) groups is 1. The maximum absolute atomic E-state index is 11.7. The van der Waals surface area contributed by atoms with Crippen LogP contribution >= 0.6 is 21.6 Å². The van der Waals surface area contributed by atoms with E-state index in [4.69, 9.17) is 47.7 Å². The van der Waals surface area contributed by atoms with Gasteiger partial charge in [0.2, 0.25) is 0 Å². The van der Waals surface area contributed by atoms with E-state index in [1.54, 1.807) is 0 Å². The first kappa shape index (κ1) is 36.8. The van der Waals surface area contributed by atoms with E-state index >= 15 is 0 Å². The number of aliphatic hydroxyl groups excluding tert-OH is 1. The topological polar surface area (TPSA) is 120 Å². The van der Waals surface area contributed by atoms with E-state index in [0.29, 0.717) is 112 Å². The molecule has 0 aromatic carbocycles. The molecule has 0 aromatic rings. The van der Waals surface area contributed by atoms with Gasteiger partial charge in [0.15, 0.2) is 0 Å². The molecule has 0 spiro atoms. The number of esters is 1. The number of hydrogen-bond donors (Lipinski definition) is 1. The summed E-state index contributed by atoms with van der Waals surface area (Å²) < 4.78 is 48.2. The van der Waals surface area contributed by atoms with Crippen LogP contribution < -0.4 is 0 Å². The molecule has 1 N–H and O–H groups in total. The first-order chi connectivity index (χ1) is 19.3. The van der Waals surface area contributed by atoms with Crippen LogP contribution in [-0.4, -0.2) is 141 Å². The molecular formula is C26H50O11S2. The van der Waals surface area contributed by atoms with Crippen LogP contribution in [0.2, 0.25) is 0 Å². The molecule has 1 unspecified atom stereocenters. The van der Waals surface area contributed by atoms with Crippen molar-refractivity contribution in [3.63, 3.8) is 0 Å². The lowest BCUT2D eigenvalue weighted by Gasteiger charge is -2.09. The van der Waals surface area contributed by atoms with E-state index in [1.165, 1.54) is 18.6 Å². The van der Waals surface area contributed by atoms with Gasteiger partial charge in [0, 0.05) is 17.4 Å². The normalized spacial score (nSPS) is 15.3. The van der Waals surface area contributed by atoms with Crippen LogP contribution in [0.3, 0.4) is 0 Å². The van der Waals surface area contributed by atoms with Crippen molar-refractivity contribution in [2.45, 2.75) is 37.4 Å². The number of carbonyl (C=O) groups excluding carboxylic acids is 1. The van der Waals surface area contributed by atoms with Crippen LogP contribution in [0.25, 0.3) is 0 Å². The molecule has 1 fully saturated rings. The highest BCUT2D eigenvalue weighted by Gasteiger charge is 2.15. The maximum Gasteiger partial charge on any atom is 0.305 e. The lowest BCUT2D eigenvalue weighted by atomic mass is 10.1. The minimum atomic E-state index is -0.140. The van der Waals surface area contributed by atoms with Gasteiger partial charge in [0.05, 0.1) is 112 Å². The Morgan fingerprint density at radius 3 is 1.38 bits per heavy atom. The first-order valence-electron chi connectivity index (χ1n) is 14.0. The molecule has 1 aliphatic heterocycles. The largest absolute Gasteiger partial charge is 0.463 e. The fourth-order valence-corrected chi connectivity index (χ4v) is 6.23. The molecule has 1 saturated heterocycles. The number of hydrogen-bond acceptors (Lipinski definition) is 13. The average Bonchev–Trinajstić information content (AvgIpc) is 3.47. The summed E-state index contributed by atoms with van der Waals surface area (Å²) in [5.74, 6) is 1.12. The third kappa shape index (κ3) is 27.7. The molecule has 1 atom stereocenters. The highest BCUT2D eigenvalue weighted by atomic mass is 33.1. The molecule has 232 valence electrons. The fraction of sp³-hybridized carbons (Fsp3) is 0.962. The van der Waals surface area contributed by atoms with Gasteiger partial charge in [0.1, 0.15) is 6.61 Å². The van der Waals surface area contributed by atoms with Crippen molar-refractivity contribution in [3.8, 4) is 0 Å². The Morgan fingerprint density at radius 1 is 0.590 bits per heavy atom. The van der Waals surface area contributed by atoms with Crippen molar-refractivity contribution in [2.24, 2.45) is 0 Å². The zero-order chi connectivity index (χ0) is 27.9. The Hall–Kier alpha value is -0.190. The molecular weight excluding hydrogens is 552 g/mol. The molecule has 0 aliphatic carbocycles. The van der Waals surface area contributed by atoms with Crippen LogP contribution in [0, 0.1) is 0 Å². The van der Waals surface area contributed by atoms with Crippen LogP contribution in [0.5, 0.6) is 0 Å². The van der Waals surface area contributed by atoms with Crippen molar-refractivity contribution in [3.05, 3.63) is 0 Å². The molecule has 1 rings (SSSR count). The summed E-state index contributed by atoms with van der Waals surface area (Å²) >= 11 is 0. The van der Waals surface area contributed by atoms with Crippen LogP contribution in [0.4, 0.5) is 0 Å². The van der Waals surface area contributed by atoms with Gasteiger partial charge in [-0.15, -0.1) is 0 Å². The summed E-state index contributed by atoms with van der Waals surface area (Å²) in [4.78, 5) is 11.7. The number of ether oxygens (including phenoxy) is 9. The van der Waals surface area contributed by atoms with E-state index in [-0.39, 0.29) is 19.2 Å². The van der Waals surface area contributed by atoms with Gasteiger partial charge in [-0.05, 0) is 19.3 Å². The Bertz CT molecular complexity index is 514. The molecule has 11 nitrogen and oxygen atoms in total. The lowest BCUT2D eigenvalue weighted by Crippen LogP contribution is -2.15. The summed E-state index contributed by atoms with van der Waals surface area (Å²) in [7, 11) is 3.94. The minimum Gasteiger partial charge on any atom is -0.463 e. The Balaban J connectivity index is 1.64. The average molecular weight is 603 g/mol. The lowest BCUT2D eigenvalue weighted by molar-refractivity contribution is -0.145. The molecule has 0 saturated carbocycles. The molecule has 1 heterocycles. The second kappa shape index (κ2) is 30.8. The fourth-order valence-electron chi connectivity index (χ4n) is 3.20. The van der Waals surface area contributed by atoms with E-state index in [1.807, 2.05) is 21.6 Å². The van der Waals surface area contributed by atoms with Gasteiger partial charge in [-0.1, -0.05) is 28.0 Å². The number of aliphatic hydroxyl groups is 1. The quantitative estimate of drug-likeness (QED) is 0.0711. The van der Waals surface area contributed by atoms with E-state index < -0.39 is 0 Å². The summed E-state index contributed by atoms with van der Waals surface area (Å²) in [6.07, 6.45) is 4.97. The molecule has 1 aliphatic rings. The van der Waals surface area contributed by atoms with Crippen LogP contribution in [0.1, 0.15) is 32.1 Å². The molecule has 0 aromatic heterocycles. The van der Waals surface area contributed by atoms with E-state index in [9.17, 15) is 4.79 Å². The van der Waals surface area contributed by atoms with Gasteiger partial charge in [-0.3, -0.25) is 4.79 Å². The smallest absolute Gasteiger partial charge is 0.305 e. The van der Waals surface area contributed by atoms with Gasteiger partial charge < -0.3 is 47.7 Å². The van der Waals surface area contributed by atoms with E-state index in [2.05, 4.69) is 0 Å². The van der Waals surface area contributed by atoms with Crippen molar-refractivity contribution in [2.75, 3.05) is 125 Å². The summed E-state index contributed by atoms with van der Waals surface area (Å²) in [6.45, 7) is 7.92. The minimum absolute atomic E-state index is 0.0257. The van der Waals surface area contributed by atoms with Gasteiger partial charge >= 0.3 is 5.97 Å². The van der Waals surface area contributed by atoms with Crippen molar-refractivity contribution >= 4 is 27.6 Å². The van der Waals surface area contributed by atoms with Gasteiger partial charge in [-0.2, -0.15) is 0 Å². The van der Waals surface area contributed by atoms with Gasteiger partial charge in [0.25, 0.3) is 0 Å². The Labute approximate surface area is 241 Å². The number of rotatable bonds is 31. The van der Waals surface area contributed by atoms with Crippen molar-refractivity contribution in [1.29, 1.82) is 0 Å². The van der Waals surface area contributed by atoms with Gasteiger partial charge in [-0.25, -0.2) is 0 Å². The standard InChI is InChI=1S/C26H50O11S2/c27-6-7-29-8-9-30-10-11-31-12-13-32-14-15-33-16-17-34-18-19-35-20-21-36-22-23-37-26(28)4-2-1-3-25-5-24-38-39-25/h25,27H,1-24H2. The maximum atomic E-state index is 11.7. The summed E-state index contributed by atoms with van der Waals surface area (Å²) in [5.41, 5.74) is 0. The van der Waals surface area contributed by atoms with Crippen LogP contribution in [-0.2, 0) is 47.4 Å². The predicted molar refractivity (Wildman–Crippen MR) is 152 cm³/mol. The zero-order valence-corrected chi connectivity index (χ0v) is 25.0. The van der Waals surface area contributed by atoms with Crippen molar-refractivity contribution in [1.82, 2.24) is 0 Å². The number of unbranched alkanes of at least 4 members (excludes halogenated alkanes) is 1. The molecule has 13 heteroatoms. The first-order valence-corrected chi connectivity index (χ1v) is 16.4. The molecule has 0 radical (unpaired) electrons. The molecule has 0 amide bonds. The monoisotopic (exact) mass is 602 g/mol. The Kier molecular flexibility index (Phi) is 29.1. The zero-order valence-electron chi connectivity index (χ0n) is 23.4. The Morgan fingerprint density at radius 2 is 1.00 bits per heavy atom. The second-order valence-corrected chi connectivity index (χ2v) is 11.2. The third-order valence-electron chi connectivity index (χ3n) is 5.21. The molecule has 39 heavy (non-hydrogen) atoms. The SMILES string of the molecule is O=C(CCCCC1CCSS1)OCCOCCOCCOCCOCCOCCOCCOCCOCCO. The van der Waals surface area contributed by atoms with E-state index in [0.717, 1.165) is 18.1 Å². The van der Waals surface area contributed by atoms with Crippen molar-refractivity contribution < 1.29 is 52.5 Å². The third-order valence-corrected chi connectivity index (χ3v) is 8.22. The van der Waals surface area contributed by atoms with Crippen LogP contribution in [0.15, 0.2) is 0 Å². The molecule has 0 bridgehead atoms. The highest BCUT2D eigenvalue weighted by Crippen LogP contribution is 2.39. The summed E-state index contributed by atoms with van der Waals surface area (Å²) in [5, 5.41) is 9.33. The second-order valence-electron chi connectivity index (χ2n) is 8.42. The highest BCUT2D eigenvalue weighted by molar-refractivity contribution is 8.77.